The minimum Gasteiger partial charge on any atom is -0.492 e. The SMILES string of the molecule is CCO[C@@](C)(CC(C)C)C(=O)Nc1ccc(OCCN2CCOCC2)cc1. The van der Waals surface area contributed by atoms with Crippen molar-refractivity contribution < 1.29 is 19.0 Å². The van der Waals surface area contributed by atoms with E-state index in [4.69, 9.17) is 14.2 Å². The number of nitrogens with one attached hydrogen (secondary N) is 1. The molecule has 1 amide bonds. The lowest BCUT2D eigenvalue weighted by Gasteiger charge is -2.29. The fourth-order valence-electron chi connectivity index (χ4n) is 3.33. The van der Waals surface area contributed by atoms with Crippen LogP contribution >= 0.6 is 0 Å². The highest BCUT2D eigenvalue weighted by molar-refractivity contribution is 5.97. The first kappa shape index (κ1) is 21.7. The quantitative estimate of drug-likeness (QED) is 0.678. The van der Waals surface area contributed by atoms with Crippen LogP contribution in [-0.2, 0) is 14.3 Å². The minimum absolute atomic E-state index is 0.112. The summed E-state index contributed by atoms with van der Waals surface area (Å²) < 4.78 is 16.9. The second-order valence-corrected chi connectivity index (χ2v) is 7.54. The molecule has 1 N–H and O–H groups in total. The Bertz CT molecular complexity index is 570. The van der Waals surface area contributed by atoms with Crippen molar-refractivity contribution in [3.8, 4) is 5.75 Å². The normalized spacial score (nSPS) is 17.5. The Kier molecular flexibility index (Phi) is 8.54. The summed E-state index contributed by atoms with van der Waals surface area (Å²) >= 11 is 0. The summed E-state index contributed by atoms with van der Waals surface area (Å²) in [5.41, 5.74) is -0.0776. The van der Waals surface area contributed by atoms with Gasteiger partial charge in [-0.1, -0.05) is 13.8 Å². The molecule has 1 aromatic carbocycles. The molecule has 1 heterocycles. The van der Waals surface area contributed by atoms with Gasteiger partial charge in [-0.05, 0) is 50.5 Å². The Hall–Kier alpha value is -1.63. The molecule has 27 heavy (non-hydrogen) atoms. The van der Waals surface area contributed by atoms with E-state index in [1.54, 1.807) is 0 Å². The molecule has 1 fully saturated rings. The van der Waals surface area contributed by atoms with Crippen molar-refractivity contribution in [1.29, 1.82) is 0 Å². The number of hydrogen-bond acceptors (Lipinski definition) is 5. The molecular formula is C21H34N2O4. The van der Waals surface area contributed by atoms with Gasteiger partial charge in [0, 0.05) is 31.9 Å². The molecule has 0 spiro atoms. The third-order valence-corrected chi connectivity index (χ3v) is 4.63. The van der Waals surface area contributed by atoms with Gasteiger partial charge in [-0.25, -0.2) is 0 Å². The molecule has 1 aromatic rings. The summed E-state index contributed by atoms with van der Waals surface area (Å²) in [6.07, 6.45) is 0.676. The van der Waals surface area contributed by atoms with Gasteiger partial charge < -0.3 is 19.5 Å². The first-order valence-electron chi connectivity index (χ1n) is 9.91. The van der Waals surface area contributed by atoms with Crippen molar-refractivity contribution >= 4 is 11.6 Å². The van der Waals surface area contributed by atoms with Crippen LogP contribution in [-0.4, -0.2) is 62.5 Å². The van der Waals surface area contributed by atoms with Gasteiger partial charge in [-0.15, -0.1) is 0 Å². The molecule has 152 valence electrons. The Labute approximate surface area is 163 Å². The average Bonchev–Trinajstić information content (AvgIpc) is 2.63. The predicted octanol–water partition coefficient (Wildman–Crippen LogP) is 3.18. The van der Waals surface area contributed by atoms with Crippen LogP contribution in [0.2, 0.25) is 0 Å². The Morgan fingerprint density at radius 3 is 2.52 bits per heavy atom. The molecule has 1 aliphatic heterocycles. The first-order valence-corrected chi connectivity index (χ1v) is 9.91. The third kappa shape index (κ3) is 7.13. The van der Waals surface area contributed by atoms with Crippen LogP contribution in [0.4, 0.5) is 5.69 Å². The molecule has 0 radical (unpaired) electrons. The van der Waals surface area contributed by atoms with Crippen LogP contribution in [0.3, 0.4) is 0 Å². The van der Waals surface area contributed by atoms with E-state index in [9.17, 15) is 4.79 Å². The van der Waals surface area contributed by atoms with Gasteiger partial charge in [-0.3, -0.25) is 9.69 Å². The zero-order valence-corrected chi connectivity index (χ0v) is 17.1. The highest BCUT2D eigenvalue weighted by Gasteiger charge is 2.34. The maximum atomic E-state index is 12.7. The number of ether oxygens (including phenoxy) is 3. The van der Waals surface area contributed by atoms with E-state index in [0.717, 1.165) is 44.3 Å². The molecule has 0 saturated carbocycles. The van der Waals surface area contributed by atoms with Gasteiger partial charge >= 0.3 is 0 Å². The number of anilines is 1. The van der Waals surface area contributed by atoms with E-state index in [0.29, 0.717) is 25.6 Å². The molecule has 6 heteroatoms. The monoisotopic (exact) mass is 378 g/mol. The average molecular weight is 379 g/mol. The lowest BCUT2D eigenvalue weighted by atomic mass is 9.93. The number of morpholine rings is 1. The second-order valence-electron chi connectivity index (χ2n) is 7.54. The molecule has 2 rings (SSSR count). The number of hydrogen-bond donors (Lipinski definition) is 1. The summed E-state index contributed by atoms with van der Waals surface area (Å²) in [6, 6.07) is 7.50. The Morgan fingerprint density at radius 2 is 1.93 bits per heavy atom. The molecule has 0 bridgehead atoms. The van der Waals surface area contributed by atoms with Crippen LogP contribution < -0.4 is 10.1 Å². The Balaban J connectivity index is 1.83. The van der Waals surface area contributed by atoms with Gasteiger partial charge in [0.15, 0.2) is 0 Å². The lowest BCUT2D eigenvalue weighted by molar-refractivity contribution is -0.140. The lowest BCUT2D eigenvalue weighted by Crippen LogP contribution is -2.43. The van der Waals surface area contributed by atoms with Crippen molar-refractivity contribution in [2.45, 2.75) is 39.7 Å². The van der Waals surface area contributed by atoms with E-state index in [1.165, 1.54) is 0 Å². The van der Waals surface area contributed by atoms with Crippen molar-refractivity contribution in [2.75, 3.05) is 51.4 Å². The van der Waals surface area contributed by atoms with Gasteiger partial charge in [0.2, 0.25) is 0 Å². The smallest absolute Gasteiger partial charge is 0.256 e. The van der Waals surface area contributed by atoms with Crippen molar-refractivity contribution in [1.82, 2.24) is 4.90 Å². The standard InChI is InChI=1S/C21H34N2O4/c1-5-27-21(4,16-17(2)3)20(24)22-18-6-8-19(9-7-18)26-15-12-23-10-13-25-14-11-23/h6-9,17H,5,10-16H2,1-4H3,(H,22,24)/t21-/m0/s1. The predicted molar refractivity (Wildman–Crippen MR) is 107 cm³/mol. The van der Waals surface area contributed by atoms with E-state index in [1.807, 2.05) is 38.1 Å². The molecule has 0 aliphatic carbocycles. The van der Waals surface area contributed by atoms with E-state index in [-0.39, 0.29) is 5.91 Å². The largest absolute Gasteiger partial charge is 0.492 e. The summed E-state index contributed by atoms with van der Waals surface area (Å²) in [6.45, 7) is 13.5. The van der Waals surface area contributed by atoms with Crippen LogP contribution in [0.25, 0.3) is 0 Å². The van der Waals surface area contributed by atoms with E-state index in [2.05, 4.69) is 24.1 Å². The van der Waals surface area contributed by atoms with Crippen LogP contribution in [0.1, 0.15) is 34.1 Å². The number of amides is 1. The maximum Gasteiger partial charge on any atom is 0.256 e. The molecule has 1 aliphatic rings. The van der Waals surface area contributed by atoms with Gasteiger partial charge in [0.1, 0.15) is 18.0 Å². The highest BCUT2D eigenvalue weighted by atomic mass is 16.5. The summed E-state index contributed by atoms with van der Waals surface area (Å²) in [5, 5.41) is 2.97. The minimum atomic E-state index is -0.823. The molecule has 0 unspecified atom stereocenters. The van der Waals surface area contributed by atoms with Crippen LogP contribution in [0.5, 0.6) is 5.75 Å². The zero-order chi connectivity index (χ0) is 19.7. The van der Waals surface area contributed by atoms with Crippen LogP contribution in [0, 0.1) is 5.92 Å². The molecular weight excluding hydrogens is 344 g/mol. The number of carbonyl (C=O) groups excluding carboxylic acids is 1. The Morgan fingerprint density at radius 1 is 1.26 bits per heavy atom. The number of nitrogens with zero attached hydrogens (tertiary/aromatic N) is 1. The highest BCUT2D eigenvalue weighted by Crippen LogP contribution is 2.24. The first-order chi connectivity index (χ1) is 12.9. The zero-order valence-electron chi connectivity index (χ0n) is 17.1. The molecule has 1 saturated heterocycles. The fourth-order valence-corrected chi connectivity index (χ4v) is 3.33. The van der Waals surface area contributed by atoms with Gasteiger partial charge in [0.05, 0.1) is 13.2 Å². The van der Waals surface area contributed by atoms with E-state index < -0.39 is 5.60 Å². The summed E-state index contributed by atoms with van der Waals surface area (Å²) in [7, 11) is 0. The second kappa shape index (κ2) is 10.6. The van der Waals surface area contributed by atoms with Crippen molar-refractivity contribution in [3.05, 3.63) is 24.3 Å². The number of carbonyl (C=O) groups is 1. The number of rotatable bonds is 10. The van der Waals surface area contributed by atoms with Gasteiger partial charge in [-0.2, -0.15) is 0 Å². The van der Waals surface area contributed by atoms with Crippen molar-refractivity contribution in [3.63, 3.8) is 0 Å². The summed E-state index contributed by atoms with van der Waals surface area (Å²) in [4.78, 5) is 15.0. The fraction of sp³-hybridized carbons (Fsp3) is 0.667. The molecule has 0 aromatic heterocycles. The number of benzene rings is 1. The molecule has 6 nitrogen and oxygen atoms in total. The maximum absolute atomic E-state index is 12.7. The third-order valence-electron chi connectivity index (χ3n) is 4.63. The summed E-state index contributed by atoms with van der Waals surface area (Å²) in [5.74, 6) is 1.06. The van der Waals surface area contributed by atoms with Gasteiger partial charge in [0.25, 0.3) is 5.91 Å². The van der Waals surface area contributed by atoms with E-state index >= 15 is 0 Å². The molecule has 1 atom stereocenters. The van der Waals surface area contributed by atoms with Crippen molar-refractivity contribution in [2.24, 2.45) is 5.92 Å². The topological polar surface area (TPSA) is 60.0 Å². The van der Waals surface area contributed by atoms with Crippen LogP contribution in [0.15, 0.2) is 24.3 Å².